The fraction of sp³-hybridized carbons (Fsp3) is 0.692. The minimum Gasteiger partial charge on any atom is -0.364 e. The van der Waals surface area contributed by atoms with Crippen LogP contribution in [-0.2, 0) is 0 Å². The van der Waals surface area contributed by atoms with Gasteiger partial charge in [0.1, 0.15) is 0 Å². The summed E-state index contributed by atoms with van der Waals surface area (Å²) in [5, 5.41) is 3.44. The highest BCUT2D eigenvalue weighted by Crippen LogP contribution is 2.40. The van der Waals surface area contributed by atoms with Crippen LogP contribution >= 0.6 is 24.8 Å². The molecule has 0 unspecified atom stereocenters. The van der Waals surface area contributed by atoms with Crippen molar-refractivity contribution < 1.29 is 0 Å². The Morgan fingerprint density at radius 3 is 2.39 bits per heavy atom. The van der Waals surface area contributed by atoms with Crippen molar-refractivity contribution in [2.75, 3.05) is 26.2 Å². The van der Waals surface area contributed by atoms with Gasteiger partial charge in [-0.25, -0.2) is 0 Å². The first-order valence-electron chi connectivity index (χ1n) is 6.53. The van der Waals surface area contributed by atoms with Crippen molar-refractivity contribution in [2.45, 2.75) is 25.3 Å². The third kappa shape index (κ3) is 3.21. The lowest BCUT2D eigenvalue weighted by molar-refractivity contribution is 0.0812. The Morgan fingerprint density at radius 2 is 1.89 bits per heavy atom. The second-order valence-corrected chi connectivity index (χ2v) is 5.05. The van der Waals surface area contributed by atoms with Crippen molar-refractivity contribution >= 4 is 24.8 Å². The van der Waals surface area contributed by atoms with Crippen molar-refractivity contribution in [3.05, 3.63) is 24.0 Å². The fourth-order valence-electron chi connectivity index (χ4n) is 2.99. The number of aromatic nitrogens is 1. The zero-order chi connectivity index (χ0) is 10.8. The van der Waals surface area contributed by atoms with E-state index >= 15 is 0 Å². The van der Waals surface area contributed by atoms with E-state index in [1.54, 1.807) is 0 Å². The monoisotopic (exact) mass is 291 g/mol. The molecule has 1 aliphatic carbocycles. The van der Waals surface area contributed by atoms with Gasteiger partial charge in [-0.05, 0) is 30.9 Å². The van der Waals surface area contributed by atoms with Crippen LogP contribution in [0, 0.1) is 5.92 Å². The number of rotatable bonds is 3. The van der Waals surface area contributed by atoms with Gasteiger partial charge < -0.3 is 10.3 Å². The largest absolute Gasteiger partial charge is 0.364 e. The van der Waals surface area contributed by atoms with Crippen LogP contribution < -0.4 is 5.32 Å². The molecule has 0 amide bonds. The van der Waals surface area contributed by atoms with E-state index in [2.05, 4.69) is 33.5 Å². The molecule has 1 saturated carbocycles. The molecule has 1 aliphatic heterocycles. The molecule has 0 radical (unpaired) electrons. The fourth-order valence-corrected chi connectivity index (χ4v) is 2.99. The van der Waals surface area contributed by atoms with Gasteiger partial charge in [-0.3, -0.25) is 4.90 Å². The molecule has 1 aromatic heterocycles. The Bertz CT molecular complexity index is 319. The van der Waals surface area contributed by atoms with Gasteiger partial charge >= 0.3 is 0 Å². The van der Waals surface area contributed by atoms with Gasteiger partial charge in [-0.1, -0.05) is 6.42 Å². The van der Waals surface area contributed by atoms with Gasteiger partial charge in [-0.2, -0.15) is 0 Å². The topological polar surface area (TPSA) is 31.1 Å². The standard InChI is InChI=1S/C13H21N3.2ClH/c1-3-11(4-1)13(12-5-2-6-15-12)16-9-7-14-8-10-16;;/h2,5-6,11,13-15H,1,3-4,7-10H2;2*1H/t13-;;/m1../s1. The minimum atomic E-state index is 0. The molecular weight excluding hydrogens is 269 g/mol. The van der Waals surface area contributed by atoms with E-state index in [0.29, 0.717) is 6.04 Å². The van der Waals surface area contributed by atoms with E-state index in [1.165, 1.54) is 38.0 Å². The maximum atomic E-state index is 3.44. The van der Waals surface area contributed by atoms with Crippen molar-refractivity contribution in [2.24, 2.45) is 5.92 Å². The molecule has 5 heteroatoms. The zero-order valence-corrected chi connectivity index (χ0v) is 12.2. The molecule has 0 aromatic carbocycles. The molecule has 3 nitrogen and oxygen atoms in total. The molecule has 18 heavy (non-hydrogen) atoms. The summed E-state index contributed by atoms with van der Waals surface area (Å²) in [7, 11) is 0. The number of halogens is 2. The smallest absolute Gasteiger partial charge is 0.0527 e. The van der Waals surface area contributed by atoms with Crippen LogP contribution in [0.3, 0.4) is 0 Å². The second kappa shape index (κ2) is 7.39. The molecule has 2 aliphatic rings. The first-order valence-corrected chi connectivity index (χ1v) is 6.53. The van der Waals surface area contributed by atoms with E-state index in [4.69, 9.17) is 0 Å². The maximum Gasteiger partial charge on any atom is 0.0527 e. The summed E-state index contributed by atoms with van der Waals surface area (Å²) in [6, 6.07) is 5.03. The Morgan fingerprint density at radius 1 is 1.17 bits per heavy atom. The van der Waals surface area contributed by atoms with E-state index < -0.39 is 0 Å². The molecule has 3 rings (SSSR count). The molecule has 1 saturated heterocycles. The number of nitrogens with zero attached hydrogens (tertiary/aromatic N) is 1. The van der Waals surface area contributed by atoms with Gasteiger partial charge in [-0.15, -0.1) is 24.8 Å². The van der Waals surface area contributed by atoms with Gasteiger partial charge in [0.15, 0.2) is 0 Å². The zero-order valence-electron chi connectivity index (χ0n) is 10.6. The van der Waals surface area contributed by atoms with Crippen molar-refractivity contribution in [3.63, 3.8) is 0 Å². The van der Waals surface area contributed by atoms with E-state index in [0.717, 1.165) is 19.0 Å². The molecule has 2 heterocycles. The second-order valence-electron chi connectivity index (χ2n) is 5.05. The first-order chi connectivity index (χ1) is 7.95. The highest BCUT2D eigenvalue weighted by Gasteiger charge is 2.33. The lowest BCUT2D eigenvalue weighted by atomic mass is 9.77. The molecule has 1 atom stereocenters. The van der Waals surface area contributed by atoms with Crippen LogP contribution in [-0.4, -0.2) is 36.1 Å². The van der Waals surface area contributed by atoms with Crippen LogP contribution in [0.5, 0.6) is 0 Å². The summed E-state index contributed by atoms with van der Waals surface area (Å²) in [5.74, 6) is 0.886. The summed E-state index contributed by atoms with van der Waals surface area (Å²) in [5.41, 5.74) is 1.42. The first kappa shape index (κ1) is 15.8. The number of nitrogens with one attached hydrogen (secondary N) is 2. The van der Waals surface area contributed by atoms with Crippen LogP contribution in [0.25, 0.3) is 0 Å². The Balaban J connectivity index is 0.000000810. The predicted octanol–water partition coefficient (Wildman–Crippen LogP) is 2.60. The van der Waals surface area contributed by atoms with Crippen LogP contribution in [0.1, 0.15) is 31.0 Å². The van der Waals surface area contributed by atoms with Crippen molar-refractivity contribution in [1.29, 1.82) is 0 Å². The molecule has 0 bridgehead atoms. The molecular formula is C13H23Cl2N3. The molecule has 2 fully saturated rings. The van der Waals surface area contributed by atoms with Gasteiger partial charge in [0.2, 0.25) is 0 Å². The molecule has 1 aromatic rings. The summed E-state index contributed by atoms with van der Waals surface area (Å²) in [6.07, 6.45) is 6.30. The van der Waals surface area contributed by atoms with E-state index in [9.17, 15) is 0 Å². The number of H-pyrrole nitrogens is 1. The van der Waals surface area contributed by atoms with Crippen molar-refractivity contribution in [3.8, 4) is 0 Å². The highest BCUT2D eigenvalue weighted by molar-refractivity contribution is 5.85. The lowest BCUT2D eigenvalue weighted by Gasteiger charge is -2.42. The Kier molecular flexibility index (Phi) is 6.50. The van der Waals surface area contributed by atoms with E-state index in [1.807, 2.05) is 0 Å². The highest BCUT2D eigenvalue weighted by atomic mass is 35.5. The number of aromatic amines is 1. The molecule has 104 valence electrons. The normalized spacial score (nSPS) is 22.4. The summed E-state index contributed by atoms with van der Waals surface area (Å²) >= 11 is 0. The van der Waals surface area contributed by atoms with Crippen LogP contribution in [0.4, 0.5) is 0 Å². The summed E-state index contributed by atoms with van der Waals surface area (Å²) in [6.45, 7) is 4.67. The third-order valence-corrected chi connectivity index (χ3v) is 4.08. The quantitative estimate of drug-likeness (QED) is 0.897. The maximum absolute atomic E-state index is 3.44. The van der Waals surface area contributed by atoms with Crippen LogP contribution in [0.15, 0.2) is 18.3 Å². The average Bonchev–Trinajstić information content (AvgIpc) is 2.77. The number of hydrogen-bond donors (Lipinski definition) is 2. The summed E-state index contributed by atoms with van der Waals surface area (Å²) < 4.78 is 0. The minimum absolute atomic E-state index is 0. The van der Waals surface area contributed by atoms with Gasteiger partial charge in [0, 0.05) is 38.1 Å². The van der Waals surface area contributed by atoms with Gasteiger partial charge in [0.25, 0.3) is 0 Å². The SMILES string of the molecule is Cl.Cl.c1c[nH]c([C@@H](C2CCC2)N2CCNCC2)c1. The van der Waals surface area contributed by atoms with Crippen LogP contribution in [0.2, 0.25) is 0 Å². The Hall–Kier alpha value is -0.220. The Labute approximate surface area is 122 Å². The average molecular weight is 292 g/mol. The third-order valence-electron chi connectivity index (χ3n) is 4.08. The molecule has 0 spiro atoms. The number of piperazine rings is 1. The van der Waals surface area contributed by atoms with Gasteiger partial charge in [0.05, 0.1) is 6.04 Å². The number of hydrogen-bond acceptors (Lipinski definition) is 2. The predicted molar refractivity (Wildman–Crippen MR) is 79.8 cm³/mol. The van der Waals surface area contributed by atoms with E-state index in [-0.39, 0.29) is 24.8 Å². The van der Waals surface area contributed by atoms with Crippen molar-refractivity contribution in [1.82, 2.24) is 15.2 Å². The summed E-state index contributed by atoms with van der Waals surface area (Å²) in [4.78, 5) is 6.08. The lowest BCUT2D eigenvalue weighted by Crippen LogP contribution is -2.47. The molecule has 2 N–H and O–H groups in total.